The van der Waals surface area contributed by atoms with Crippen molar-refractivity contribution in [2.75, 3.05) is 5.43 Å². The lowest BCUT2D eigenvalue weighted by molar-refractivity contribution is 0.459. The van der Waals surface area contributed by atoms with Gasteiger partial charge in [0.2, 0.25) is 5.88 Å². The molecule has 0 spiro atoms. The molecule has 16 heavy (non-hydrogen) atoms. The maximum Gasteiger partial charge on any atom is 0.221 e. The Balaban J connectivity index is 2.20. The van der Waals surface area contributed by atoms with Crippen molar-refractivity contribution in [2.45, 2.75) is 0 Å². The van der Waals surface area contributed by atoms with Crippen molar-refractivity contribution in [3.63, 3.8) is 0 Å². The molecule has 0 radical (unpaired) electrons. The van der Waals surface area contributed by atoms with Crippen LogP contribution in [0.15, 0.2) is 42.5 Å². The Morgan fingerprint density at radius 2 is 2.00 bits per heavy atom. The number of rotatable bonds is 3. The molecule has 0 saturated heterocycles. The number of nitrogens with one attached hydrogen (secondary N) is 1. The molecule has 0 aliphatic rings. The molecule has 2 aromatic rings. The summed E-state index contributed by atoms with van der Waals surface area (Å²) in [5, 5.41) is 0. The number of nitrogens with two attached hydrogens (primary N) is 1. The zero-order valence-corrected chi connectivity index (χ0v) is 8.35. The van der Waals surface area contributed by atoms with Gasteiger partial charge in [0, 0.05) is 12.1 Å². The van der Waals surface area contributed by atoms with Gasteiger partial charge in [-0.25, -0.2) is 10.2 Å². The van der Waals surface area contributed by atoms with Gasteiger partial charge >= 0.3 is 0 Å². The van der Waals surface area contributed by atoms with E-state index in [1.807, 2.05) is 0 Å². The quantitative estimate of drug-likeness (QED) is 0.614. The predicted octanol–water partition coefficient (Wildman–Crippen LogP) is 2.30. The molecule has 1 aromatic carbocycles. The van der Waals surface area contributed by atoms with Crippen molar-refractivity contribution in [1.29, 1.82) is 0 Å². The third-order valence-corrected chi connectivity index (χ3v) is 1.89. The Bertz CT molecular complexity index is 490. The van der Waals surface area contributed by atoms with E-state index in [0.717, 1.165) is 0 Å². The van der Waals surface area contributed by atoms with E-state index in [9.17, 15) is 4.39 Å². The highest BCUT2D eigenvalue weighted by molar-refractivity contribution is 5.37. The Morgan fingerprint density at radius 3 is 2.75 bits per heavy atom. The highest BCUT2D eigenvalue weighted by Gasteiger charge is 2.00. The van der Waals surface area contributed by atoms with Gasteiger partial charge in [-0.15, -0.1) is 0 Å². The summed E-state index contributed by atoms with van der Waals surface area (Å²) < 4.78 is 18.2. The molecule has 0 atom stereocenters. The first kappa shape index (κ1) is 10.4. The molecular weight excluding hydrogens is 209 g/mol. The lowest BCUT2D eigenvalue weighted by Gasteiger charge is -2.05. The van der Waals surface area contributed by atoms with Crippen molar-refractivity contribution >= 4 is 5.82 Å². The van der Waals surface area contributed by atoms with Gasteiger partial charge in [-0.1, -0.05) is 12.1 Å². The standard InChI is InChI=1S/C11H10FN3O/c12-8-3-1-4-9(7-8)16-11-6-2-5-10(14-11)15-13/h1-7H,13H2,(H,14,15). The van der Waals surface area contributed by atoms with Gasteiger partial charge in [-0.2, -0.15) is 4.98 Å². The maximum absolute atomic E-state index is 12.9. The number of pyridine rings is 1. The average Bonchev–Trinajstić information content (AvgIpc) is 2.29. The van der Waals surface area contributed by atoms with Crippen LogP contribution >= 0.6 is 0 Å². The summed E-state index contributed by atoms with van der Waals surface area (Å²) in [5.41, 5.74) is 2.40. The Hall–Kier alpha value is -2.14. The van der Waals surface area contributed by atoms with Crippen LogP contribution in [0.25, 0.3) is 0 Å². The minimum Gasteiger partial charge on any atom is -0.439 e. The Morgan fingerprint density at radius 1 is 1.19 bits per heavy atom. The molecular formula is C11H10FN3O. The molecule has 1 heterocycles. The SMILES string of the molecule is NNc1cccc(Oc2cccc(F)c2)n1. The number of benzene rings is 1. The van der Waals surface area contributed by atoms with Crippen LogP contribution in [-0.4, -0.2) is 4.98 Å². The van der Waals surface area contributed by atoms with Gasteiger partial charge in [0.15, 0.2) is 0 Å². The van der Waals surface area contributed by atoms with Gasteiger partial charge in [0.1, 0.15) is 17.4 Å². The number of aromatic nitrogens is 1. The predicted molar refractivity (Wildman–Crippen MR) is 58.5 cm³/mol. The molecule has 1 aromatic heterocycles. The lowest BCUT2D eigenvalue weighted by Crippen LogP contribution is -2.08. The van der Waals surface area contributed by atoms with Crippen LogP contribution in [0.3, 0.4) is 0 Å². The third-order valence-electron chi connectivity index (χ3n) is 1.89. The fourth-order valence-corrected chi connectivity index (χ4v) is 1.20. The normalized spacial score (nSPS) is 9.88. The number of anilines is 1. The van der Waals surface area contributed by atoms with E-state index in [2.05, 4.69) is 10.4 Å². The summed E-state index contributed by atoms with van der Waals surface area (Å²) in [5.74, 6) is 6.07. The van der Waals surface area contributed by atoms with Gasteiger partial charge in [0.05, 0.1) is 0 Å². The first-order valence-corrected chi connectivity index (χ1v) is 4.65. The summed E-state index contributed by atoms with van der Waals surface area (Å²) in [6, 6.07) is 10.9. The third kappa shape index (κ3) is 2.46. The molecule has 0 fully saturated rings. The Kier molecular flexibility index (Phi) is 2.98. The molecule has 3 N–H and O–H groups in total. The molecule has 2 rings (SSSR count). The molecule has 0 amide bonds. The van der Waals surface area contributed by atoms with E-state index in [1.165, 1.54) is 12.1 Å². The van der Waals surface area contributed by atoms with Crippen LogP contribution in [0.5, 0.6) is 11.6 Å². The molecule has 0 aliphatic carbocycles. The summed E-state index contributed by atoms with van der Waals surface area (Å²) >= 11 is 0. The zero-order chi connectivity index (χ0) is 11.4. The fourth-order valence-electron chi connectivity index (χ4n) is 1.20. The van der Waals surface area contributed by atoms with Crippen LogP contribution < -0.4 is 16.0 Å². The minimum atomic E-state index is -0.356. The van der Waals surface area contributed by atoms with E-state index >= 15 is 0 Å². The lowest BCUT2D eigenvalue weighted by atomic mass is 10.3. The fraction of sp³-hybridized carbons (Fsp3) is 0. The number of hydrogen-bond donors (Lipinski definition) is 2. The van der Waals surface area contributed by atoms with Gasteiger partial charge in [0.25, 0.3) is 0 Å². The minimum absolute atomic E-state index is 0.348. The number of hydrogen-bond acceptors (Lipinski definition) is 4. The van der Waals surface area contributed by atoms with E-state index < -0.39 is 0 Å². The van der Waals surface area contributed by atoms with Gasteiger partial charge in [-0.05, 0) is 18.2 Å². The van der Waals surface area contributed by atoms with Crippen LogP contribution in [-0.2, 0) is 0 Å². The first-order valence-electron chi connectivity index (χ1n) is 4.65. The molecule has 0 bridgehead atoms. The van der Waals surface area contributed by atoms with Gasteiger partial charge < -0.3 is 10.2 Å². The molecule has 4 nitrogen and oxygen atoms in total. The second kappa shape index (κ2) is 4.59. The van der Waals surface area contributed by atoms with Crippen LogP contribution in [0.2, 0.25) is 0 Å². The van der Waals surface area contributed by atoms with E-state index in [0.29, 0.717) is 17.4 Å². The van der Waals surface area contributed by atoms with Crippen LogP contribution in [0, 0.1) is 5.82 Å². The topological polar surface area (TPSA) is 60.2 Å². The summed E-state index contributed by atoms with van der Waals surface area (Å²) in [4.78, 5) is 4.04. The van der Waals surface area contributed by atoms with E-state index in [1.54, 1.807) is 30.3 Å². The van der Waals surface area contributed by atoms with Crippen molar-refractivity contribution < 1.29 is 9.13 Å². The molecule has 0 aliphatic heterocycles. The number of ether oxygens (including phenoxy) is 1. The number of hydrazine groups is 1. The second-order valence-corrected chi connectivity index (χ2v) is 3.06. The summed E-state index contributed by atoms with van der Waals surface area (Å²) in [6.07, 6.45) is 0. The number of nitrogens with zero attached hydrogens (tertiary/aromatic N) is 1. The summed E-state index contributed by atoms with van der Waals surface area (Å²) in [7, 11) is 0. The van der Waals surface area contributed by atoms with E-state index in [4.69, 9.17) is 10.6 Å². The zero-order valence-electron chi connectivity index (χ0n) is 8.35. The van der Waals surface area contributed by atoms with Crippen LogP contribution in [0.4, 0.5) is 10.2 Å². The number of nitrogen functional groups attached to an aromatic ring is 1. The van der Waals surface area contributed by atoms with Crippen molar-refractivity contribution in [3.05, 3.63) is 48.3 Å². The highest BCUT2D eigenvalue weighted by Crippen LogP contribution is 2.20. The molecule has 82 valence electrons. The maximum atomic E-state index is 12.9. The van der Waals surface area contributed by atoms with Crippen molar-refractivity contribution in [3.8, 4) is 11.6 Å². The molecule has 0 saturated carbocycles. The molecule has 5 heteroatoms. The van der Waals surface area contributed by atoms with Crippen molar-refractivity contribution in [1.82, 2.24) is 4.98 Å². The summed E-state index contributed by atoms with van der Waals surface area (Å²) in [6.45, 7) is 0. The second-order valence-electron chi connectivity index (χ2n) is 3.06. The number of halogens is 1. The largest absolute Gasteiger partial charge is 0.439 e. The molecule has 0 unspecified atom stereocenters. The highest BCUT2D eigenvalue weighted by atomic mass is 19.1. The smallest absolute Gasteiger partial charge is 0.221 e. The van der Waals surface area contributed by atoms with Gasteiger partial charge in [-0.3, -0.25) is 0 Å². The van der Waals surface area contributed by atoms with Crippen molar-refractivity contribution in [2.24, 2.45) is 5.84 Å². The Labute approximate surface area is 91.8 Å². The monoisotopic (exact) mass is 219 g/mol. The van der Waals surface area contributed by atoms with Crippen LogP contribution in [0.1, 0.15) is 0 Å². The first-order chi connectivity index (χ1) is 7.78. The van der Waals surface area contributed by atoms with E-state index in [-0.39, 0.29) is 5.82 Å². The average molecular weight is 219 g/mol.